The maximum absolute atomic E-state index is 10.3. The number of halogens is 1. The minimum Gasteiger partial charge on any atom is -0.382 e. The Kier molecular flexibility index (Phi) is 7.69. The molecule has 12 heavy (non-hydrogen) atoms. The molecule has 0 aromatic carbocycles. The van der Waals surface area contributed by atoms with Crippen molar-refractivity contribution < 1.29 is 19.0 Å². The fourth-order valence-corrected chi connectivity index (χ4v) is 0.978. The van der Waals surface area contributed by atoms with Crippen molar-refractivity contribution >= 4 is 22.2 Å². The lowest BCUT2D eigenvalue weighted by Crippen LogP contribution is -2.29. The van der Waals surface area contributed by atoms with E-state index in [9.17, 15) is 4.79 Å². The molecule has 0 aliphatic heterocycles. The third-order valence-electron chi connectivity index (χ3n) is 1.19. The molecular formula is C7H13BrO4. The Bertz CT molecular complexity index is 120. The zero-order valence-corrected chi connectivity index (χ0v) is 8.74. The van der Waals surface area contributed by atoms with Crippen molar-refractivity contribution in [1.82, 2.24) is 0 Å². The maximum Gasteiger partial charge on any atom is 0.214 e. The SMILES string of the molecule is COCC(CBr)OC(C=O)OC. The lowest BCUT2D eigenvalue weighted by Gasteiger charge is -2.17. The highest BCUT2D eigenvalue weighted by Crippen LogP contribution is 2.02. The number of carbonyl (C=O) groups excluding carboxylic acids is 1. The largest absolute Gasteiger partial charge is 0.382 e. The molecule has 0 spiro atoms. The third-order valence-corrected chi connectivity index (χ3v) is 1.92. The number of ether oxygens (including phenoxy) is 3. The molecule has 0 aromatic heterocycles. The number of alkyl halides is 1. The summed E-state index contributed by atoms with van der Waals surface area (Å²) in [6, 6.07) is 0. The predicted octanol–water partition coefficient (Wildman–Crippen LogP) is 0.584. The van der Waals surface area contributed by atoms with E-state index in [2.05, 4.69) is 15.9 Å². The number of rotatable bonds is 7. The number of hydrogen-bond donors (Lipinski definition) is 0. The van der Waals surface area contributed by atoms with Crippen LogP contribution in [0.25, 0.3) is 0 Å². The van der Waals surface area contributed by atoms with Gasteiger partial charge < -0.3 is 14.2 Å². The van der Waals surface area contributed by atoms with E-state index in [4.69, 9.17) is 14.2 Å². The maximum atomic E-state index is 10.3. The predicted molar refractivity (Wildman–Crippen MR) is 47.4 cm³/mol. The first kappa shape index (κ1) is 12.0. The van der Waals surface area contributed by atoms with Gasteiger partial charge in [0.15, 0.2) is 6.29 Å². The summed E-state index contributed by atoms with van der Waals surface area (Å²) in [6.45, 7) is 0.430. The van der Waals surface area contributed by atoms with E-state index in [-0.39, 0.29) is 6.10 Å². The van der Waals surface area contributed by atoms with Crippen molar-refractivity contribution in [2.75, 3.05) is 26.2 Å². The Balaban J connectivity index is 3.73. The van der Waals surface area contributed by atoms with Crippen LogP contribution in [0.3, 0.4) is 0 Å². The van der Waals surface area contributed by atoms with Gasteiger partial charge in [-0.25, -0.2) is 0 Å². The molecule has 0 N–H and O–H groups in total. The monoisotopic (exact) mass is 240 g/mol. The summed E-state index contributed by atoms with van der Waals surface area (Å²) >= 11 is 3.23. The fraction of sp³-hybridized carbons (Fsp3) is 0.857. The lowest BCUT2D eigenvalue weighted by atomic mass is 10.4. The number of carbonyl (C=O) groups is 1. The van der Waals surface area contributed by atoms with Gasteiger partial charge in [0.25, 0.3) is 0 Å². The van der Waals surface area contributed by atoms with Gasteiger partial charge in [-0.2, -0.15) is 0 Å². The summed E-state index contributed by atoms with van der Waals surface area (Å²) in [6.07, 6.45) is -0.362. The molecular weight excluding hydrogens is 228 g/mol. The first-order valence-electron chi connectivity index (χ1n) is 3.47. The van der Waals surface area contributed by atoms with Crippen molar-refractivity contribution in [3.05, 3.63) is 0 Å². The summed E-state index contributed by atoms with van der Waals surface area (Å²) in [7, 11) is 2.99. The van der Waals surface area contributed by atoms with E-state index in [1.807, 2.05) is 0 Å². The van der Waals surface area contributed by atoms with Crippen LogP contribution in [0.1, 0.15) is 0 Å². The van der Waals surface area contributed by atoms with Crippen LogP contribution in [0.4, 0.5) is 0 Å². The van der Waals surface area contributed by atoms with E-state index < -0.39 is 6.29 Å². The highest BCUT2D eigenvalue weighted by molar-refractivity contribution is 9.09. The first-order chi connectivity index (χ1) is 5.78. The molecule has 2 atom stereocenters. The van der Waals surface area contributed by atoms with Gasteiger partial charge in [-0.3, -0.25) is 4.79 Å². The topological polar surface area (TPSA) is 44.8 Å². The van der Waals surface area contributed by atoms with Gasteiger partial charge in [0, 0.05) is 19.5 Å². The summed E-state index contributed by atoms with van der Waals surface area (Å²) in [5.74, 6) is 0. The summed E-state index contributed by atoms with van der Waals surface area (Å²) in [5, 5.41) is 0.606. The van der Waals surface area contributed by atoms with Gasteiger partial charge in [0.2, 0.25) is 6.29 Å². The van der Waals surface area contributed by atoms with E-state index >= 15 is 0 Å². The fourth-order valence-electron chi connectivity index (χ4n) is 0.639. The van der Waals surface area contributed by atoms with Crippen LogP contribution in [0, 0.1) is 0 Å². The first-order valence-corrected chi connectivity index (χ1v) is 4.59. The average Bonchev–Trinajstić information content (AvgIpc) is 2.12. The molecule has 0 aromatic rings. The number of aldehydes is 1. The van der Waals surface area contributed by atoms with E-state index in [0.717, 1.165) is 0 Å². The molecule has 0 fully saturated rings. The molecule has 4 nitrogen and oxygen atoms in total. The zero-order chi connectivity index (χ0) is 9.40. The molecule has 0 aliphatic rings. The van der Waals surface area contributed by atoms with Crippen molar-refractivity contribution in [2.45, 2.75) is 12.4 Å². The molecule has 5 heteroatoms. The normalized spacial score (nSPS) is 15.6. The van der Waals surface area contributed by atoms with Crippen LogP contribution in [0.2, 0.25) is 0 Å². The van der Waals surface area contributed by atoms with Crippen LogP contribution >= 0.6 is 15.9 Å². The molecule has 2 unspecified atom stereocenters. The molecule has 0 aliphatic carbocycles. The zero-order valence-electron chi connectivity index (χ0n) is 7.16. The van der Waals surface area contributed by atoms with Crippen LogP contribution in [-0.4, -0.2) is 44.8 Å². The van der Waals surface area contributed by atoms with Gasteiger partial charge in [-0.15, -0.1) is 0 Å². The van der Waals surface area contributed by atoms with Gasteiger partial charge in [-0.1, -0.05) is 15.9 Å². The average molecular weight is 241 g/mol. The van der Waals surface area contributed by atoms with Crippen molar-refractivity contribution in [1.29, 1.82) is 0 Å². The lowest BCUT2D eigenvalue weighted by molar-refractivity contribution is -0.166. The van der Waals surface area contributed by atoms with Crippen LogP contribution in [-0.2, 0) is 19.0 Å². The van der Waals surface area contributed by atoms with Gasteiger partial charge in [0.05, 0.1) is 12.7 Å². The molecule has 0 saturated carbocycles. The highest BCUT2D eigenvalue weighted by atomic mass is 79.9. The van der Waals surface area contributed by atoms with Gasteiger partial charge in [-0.05, 0) is 0 Å². The molecule has 72 valence electrons. The third kappa shape index (κ3) is 4.82. The Labute approximate surface area is 80.3 Å². The van der Waals surface area contributed by atoms with Gasteiger partial charge in [0.1, 0.15) is 0 Å². The number of hydrogen-bond acceptors (Lipinski definition) is 4. The van der Waals surface area contributed by atoms with E-state index in [0.29, 0.717) is 18.2 Å². The van der Waals surface area contributed by atoms with Crippen LogP contribution in [0.15, 0.2) is 0 Å². The van der Waals surface area contributed by atoms with Gasteiger partial charge >= 0.3 is 0 Å². The minimum absolute atomic E-state index is 0.162. The highest BCUT2D eigenvalue weighted by Gasteiger charge is 2.13. The van der Waals surface area contributed by atoms with Crippen LogP contribution in [0.5, 0.6) is 0 Å². The molecule has 0 bridgehead atoms. The Morgan fingerprint density at radius 1 is 1.50 bits per heavy atom. The van der Waals surface area contributed by atoms with E-state index in [1.54, 1.807) is 7.11 Å². The molecule has 0 saturated heterocycles. The quantitative estimate of drug-likeness (QED) is 0.371. The van der Waals surface area contributed by atoms with Crippen LogP contribution < -0.4 is 0 Å². The molecule has 0 amide bonds. The molecule has 0 rings (SSSR count). The van der Waals surface area contributed by atoms with Crippen molar-refractivity contribution in [3.8, 4) is 0 Å². The Morgan fingerprint density at radius 3 is 2.50 bits per heavy atom. The second-order valence-electron chi connectivity index (χ2n) is 2.11. The van der Waals surface area contributed by atoms with Crippen molar-refractivity contribution in [3.63, 3.8) is 0 Å². The van der Waals surface area contributed by atoms with E-state index in [1.165, 1.54) is 7.11 Å². The summed E-state index contributed by atoms with van der Waals surface area (Å²) < 4.78 is 14.7. The molecule has 0 heterocycles. The summed E-state index contributed by atoms with van der Waals surface area (Å²) in [5.41, 5.74) is 0. The second-order valence-corrected chi connectivity index (χ2v) is 2.76. The number of methoxy groups -OCH3 is 2. The standard InChI is InChI=1S/C7H13BrO4/c1-10-5-6(3-8)12-7(4-9)11-2/h4,6-7H,3,5H2,1-2H3. The molecule has 0 radical (unpaired) electrons. The van der Waals surface area contributed by atoms with Crippen molar-refractivity contribution in [2.24, 2.45) is 0 Å². The summed E-state index contributed by atoms with van der Waals surface area (Å²) in [4.78, 5) is 10.3. The second kappa shape index (κ2) is 7.67. The Morgan fingerprint density at radius 2 is 2.17 bits per heavy atom. The smallest absolute Gasteiger partial charge is 0.214 e. The Hall–Kier alpha value is 0.0300. The minimum atomic E-state index is -0.803.